The number of carbonyl (C=O) groups excluding carboxylic acids is 3. The number of ether oxygens (including phenoxy) is 1. The summed E-state index contributed by atoms with van der Waals surface area (Å²) >= 11 is 1.44. The second kappa shape index (κ2) is 9.71. The normalized spacial score (nSPS) is 23.4. The third kappa shape index (κ3) is 4.33. The lowest BCUT2D eigenvalue weighted by molar-refractivity contribution is -0.416. The molecule has 1 saturated heterocycles. The summed E-state index contributed by atoms with van der Waals surface area (Å²) in [6.07, 6.45) is 4.02. The average molecular weight is 471 g/mol. The van der Waals surface area contributed by atoms with Crippen LogP contribution in [0.25, 0.3) is 0 Å². The molecule has 0 saturated carbocycles. The van der Waals surface area contributed by atoms with E-state index in [0.717, 1.165) is 42.7 Å². The molecule has 2 unspecified atom stereocenters. The maximum absolute atomic E-state index is 13.6. The van der Waals surface area contributed by atoms with Crippen LogP contribution in [0, 0.1) is 5.92 Å². The van der Waals surface area contributed by atoms with Crippen LogP contribution in [0.1, 0.15) is 53.4 Å². The van der Waals surface area contributed by atoms with Crippen molar-refractivity contribution < 1.29 is 23.7 Å². The third-order valence-electron chi connectivity index (χ3n) is 6.77. The van der Waals surface area contributed by atoms with Gasteiger partial charge in [-0.2, -0.15) is 9.37 Å². The Morgan fingerprint density at radius 2 is 1.88 bits per heavy atom. The van der Waals surface area contributed by atoms with Gasteiger partial charge in [0.2, 0.25) is 0 Å². The summed E-state index contributed by atoms with van der Waals surface area (Å²) < 4.78 is 7.02. The van der Waals surface area contributed by atoms with E-state index in [1.54, 1.807) is 24.3 Å². The number of amides is 4. The minimum atomic E-state index is -0.532. The molecular formula is C25H32N3O4S+. The van der Waals surface area contributed by atoms with E-state index in [-0.39, 0.29) is 24.4 Å². The van der Waals surface area contributed by atoms with Gasteiger partial charge in [0.25, 0.3) is 5.91 Å². The van der Waals surface area contributed by atoms with Gasteiger partial charge in [-0.3, -0.25) is 4.79 Å². The molecule has 0 aliphatic carbocycles. The highest BCUT2D eigenvalue weighted by atomic mass is 32.2. The number of hydrogen-bond acceptors (Lipinski definition) is 5. The molecule has 0 radical (unpaired) electrons. The fourth-order valence-electron chi connectivity index (χ4n) is 4.85. The number of urea groups is 1. The Bertz CT molecular complexity index is 1030. The SMILES string of the molecule is CCOc1ccc(N2C(=O)C3C(C)=C(C)SC3=[N+](CC(=O)N3CCCCC3CC)C2=O)cc1. The van der Waals surface area contributed by atoms with E-state index in [9.17, 15) is 14.4 Å². The van der Waals surface area contributed by atoms with Crippen molar-refractivity contribution in [1.29, 1.82) is 0 Å². The van der Waals surface area contributed by atoms with Crippen LogP contribution in [0.15, 0.2) is 34.7 Å². The van der Waals surface area contributed by atoms with E-state index in [2.05, 4.69) is 6.92 Å². The molecule has 8 heteroatoms. The lowest BCUT2D eigenvalue weighted by Gasteiger charge is -2.35. The van der Waals surface area contributed by atoms with E-state index in [0.29, 0.717) is 23.1 Å². The van der Waals surface area contributed by atoms with Gasteiger partial charge in [0.1, 0.15) is 11.4 Å². The molecule has 4 amide bonds. The van der Waals surface area contributed by atoms with Crippen molar-refractivity contribution in [2.45, 2.75) is 59.4 Å². The van der Waals surface area contributed by atoms with Crippen LogP contribution in [0.4, 0.5) is 10.5 Å². The summed E-state index contributed by atoms with van der Waals surface area (Å²) in [5.74, 6) is -0.175. The number of fused-ring (bicyclic) bond motifs is 1. The number of piperidine rings is 1. The molecule has 0 spiro atoms. The molecule has 0 N–H and O–H groups in total. The molecular weight excluding hydrogens is 438 g/mol. The highest BCUT2D eigenvalue weighted by molar-refractivity contribution is 8.17. The summed E-state index contributed by atoms with van der Waals surface area (Å²) in [7, 11) is 0. The molecule has 3 aliphatic rings. The van der Waals surface area contributed by atoms with Gasteiger partial charge in [-0.05, 0) is 81.2 Å². The molecule has 0 bridgehead atoms. The monoisotopic (exact) mass is 470 g/mol. The number of thioether (sulfide) groups is 1. The van der Waals surface area contributed by atoms with Gasteiger partial charge in [0.15, 0.2) is 17.5 Å². The van der Waals surface area contributed by atoms with Gasteiger partial charge in [-0.25, -0.2) is 4.79 Å². The minimum Gasteiger partial charge on any atom is -0.494 e. The first kappa shape index (κ1) is 23.5. The molecule has 2 atom stereocenters. The van der Waals surface area contributed by atoms with Gasteiger partial charge in [0, 0.05) is 12.6 Å². The zero-order chi connectivity index (χ0) is 23.7. The molecule has 1 aromatic carbocycles. The number of allylic oxidation sites excluding steroid dienone is 1. The molecule has 1 fully saturated rings. The number of anilines is 1. The number of benzene rings is 1. The van der Waals surface area contributed by atoms with Crippen molar-refractivity contribution in [2.75, 3.05) is 24.6 Å². The van der Waals surface area contributed by atoms with Crippen LogP contribution in [-0.4, -0.2) is 58.1 Å². The van der Waals surface area contributed by atoms with Crippen molar-refractivity contribution in [3.63, 3.8) is 0 Å². The van der Waals surface area contributed by atoms with E-state index in [4.69, 9.17) is 4.74 Å². The molecule has 3 aliphatic heterocycles. The summed E-state index contributed by atoms with van der Waals surface area (Å²) in [6.45, 7) is 9.11. The predicted molar refractivity (Wildman–Crippen MR) is 130 cm³/mol. The third-order valence-corrected chi connectivity index (χ3v) is 8.06. The van der Waals surface area contributed by atoms with Gasteiger partial charge >= 0.3 is 11.9 Å². The number of rotatable bonds is 6. The Labute approximate surface area is 199 Å². The molecule has 0 aromatic heterocycles. The number of carbonyl (C=O) groups is 3. The fraction of sp³-hybridized carbons (Fsp3) is 0.520. The fourth-order valence-corrected chi connectivity index (χ4v) is 6.09. The Morgan fingerprint density at radius 3 is 2.55 bits per heavy atom. The molecule has 4 rings (SSSR count). The maximum atomic E-state index is 13.6. The second-order valence-electron chi connectivity index (χ2n) is 8.73. The standard InChI is InChI=1S/C25H32N3O4S/c1-5-18-9-7-8-14-26(18)21(29)15-27-24-22(16(3)17(4)33-24)23(30)28(25(27)31)19-10-12-20(13-11-19)32-6-2/h10-13,18,22H,5-9,14-15H2,1-4H3/q+1. The molecule has 1 aromatic rings. The Balaban J connectivity index is 1.69. The Morgan fingerprint density at radius 1 is 1.15 bits per heavy atom. The first-order chi connectivity index (χ1) is 15.9. The molecule has 3 heterocycles. The van der Waals surface area contributed by atoms with Crippen LogP contribution < -0.4 is 9.64 Å². The quantitative estimate of drug-likeness (QED) is 0.576. The molecule has 176 valence electrons. The molecule has 7 nitrogen and oxygen atoms in total. The Hall–Kier alpha value is -2.61. The Kier molecular flexibility index (Phi) is 6.93. The summed E-state index contributed by atoms with van der Waals surface area (Å²) in [5.41, 5.74) is 1.42. The van der Waals surface area contributed by atoms with Crippen molar-refractivity contribution in [2.24, 2.45) is 5.92 Å². The second-order valence-corrected chi connectivity index (χ2v) is 9.96. The first-order valence-electron chi connectivity index (χ1n) is 11.8. The maximum Gasteiger partial charge on any atom is 0.507 e. The topological polar surface area (TPSA) is 69.9 Å². The molecule has 33 heavy (non-hydrogen) atoms. The summed E-state index contributed by atoms with van der Waals surface area (Å²) in [6, 6.07) is 6.70. The predicted octanol–water partition coefficient (Wildman–Crippen LogP) is 4.41. The first-order valence-corrected chi connectivity index (χ1v) is 12.6. The van der Waals surface area contributed by atoms with Crippen LogP contribution in [-0.2, 0) is 9.59 Å². The largest absolute Gasteiger partial charge is 0.507 e. The van der Waals surface area contributed by atoms with Crippen molar-refractivity contribution >= 4 is 40.3 Å². The van der Waals surface area contributed by atoms with E-state index >= 15 is 0 Å². The average Bonchev–Trinajstić information content (AvgIpc) is 3.12. The summed E-state index contributed by atoms with van der Waals surface area (Å²) in [5, 5.41) is 0.653. The number of likely N-dealkylation sites (tertiary alicyclic amines) is 1. The number of hydrogen-bond donors (Lipinski definition) is 0. The number of nitrogens with zero attached hydrogens (tertiary/aromatic N) is 3. The zero-order valence-electron chi connectivity index (χ0n) is 19.8. The van der Waals surface area contributed by atoms with Crippen LogP contribution in [0.2, 0.25) is 0 Å². The highest BCUT2D eigenvalue weighted by Gasteiger charge is 2.53. The zero-order valence-corrected chi connectivity index (χ0v) is 20.6. The minimum absolute atomic E-state index is 0.0461. The van der Waals surface area contributed by atoms with Crippen LogP contribution >= 0.6 is 11.8 Å². The highest BCUT2D eigenvalue weighted by Crippen LogP contribution is 2.41. The van der Waals surface area contributed by atoms with Crippen molar-refractivity contribution in [3.8, 4) is 5.75 Å². The smallest absolute Gasteiger partial charge is 0.494 e. The van der Waals surface area contributed by atoms with Gasteiger partial charge in [-0.1, -0.05) is 18.7 Å². The van der Waals surface area contributed by atoms with Gasteiger partial charge < -0.3 is 9.64 Å². The lowest BCUT2D eigenvalue weighted by Crippen LogP contribution is -2.56. The van der Waals surface area contributed by atoms with E-state index in [1.165, 1.54) is 21.2 Å². The van der Waals surface area contributed by atoms with Crippen molar-refractivity contribution in [1.82, 2.24) is 4.90 Å². The number of imide groups is 1. The lowest BCUT2D eigenvalue weighted by atomic mass is 9.97. The van der Waals surface area contributed by atoms with Gasteiger partial charge in [-0.15, -0.1) is 4.90 Å². The van der Waals surface area contributed by atoms with Crippen LogP contribution in [0.3, 0.4) is 0 Å². The van der Waals surface area contributed by atoms with Gasteiger partial charge in [0.05, 0.1) is 6.61 Å². The van der Waals surface area contributed by atoms with Crippen LogP contribution in [0.5, 0.6) is 5.75 Å². The van der Waals surface area contributed by atoms with E-state index in [1.807, 2.05) is 25.7 Å². The summed E-state index contributed by atoms with van der Waals surface area (Å²) in [4.78, 5) is 44.6. The van der Waals surface area contributed by atoms with E-state index < -0.39 is 11.9 Å². The van der Waals surface area contributed by atoms with Crippen molar-refractivity contribution in [3.05, 3.63) is 34.7 Å².